The summed E-state index contributed by atoms with van der Waals surface area (Å²) >= 11 is 0. The number of halogens is 1. The number of ether oxygens (including phenoxy) is 1. The summed E-state index contributed by atoms with van der Waals surface area (Å²) in [6, 6.07) is 3.71. The minimum atomic E-state index is -0.269. The number of fused-ring (bicyclic) bond motifs is 3. The maximum atomic E-state index is 14.1. The third kappa shape index (κ3) is 1.87. The first kappa shape index (κ1) is 13.6. The predicted octanol–water partition coefficient (Wildman–Crippen LogP) is 3.93. The topological polar surface area (TPSA) is 26.3 Å². The Bertz CT molecular complexity index is 502. The second-order valence-electron chi connectivity index (χ2n) is 6.57. The highest BCUT2D eigenvalue weighted by Gasteiger charge is 2.49. The first-order chi connectivity index (χ1) is 9.54. The van der Waals surface area contributed by atoms with Gasteiger partial charge in [-0.3, -0.25) is 0 Å². The zero-order valence-electron chi connectivity index (χ0n) is 12.2. The van der Waals surface area contributed by atoms with Crippen molar-refractivity contribution in [3.8, 4) is 5.75 Å². The highest BCUT2D eigenvalue weighted by atomic mass is 19.1. The molecule has 0 N–H and O–H groups in total. The summed E-state index contributed by atoms with van der Waals surface area (Å²) in [6.07, 6.45) is 7.00. The molecule has 0 amide bonds. The third-order valence-corrected chi connectivity index (χ3v) is 5.60. The summed E-state index contributed by atoms with van der Waals surface area (Å²) < 4.78 is 19.3. The van der Waals surface area contributed by atoms with Crippen LogP contribution in [0, 0.1) is 18.2 Å². The van der Waals surface area contributed by atoms with Gasteiger partial charge in [0.1, 0.15) is 6.29 Å². The fourth-order valence-corrected chi connectivity index (χ4v) is 4.12. The van der Waals surface area contributed by atoms with Crippen LogP contribution >= 0.6 is 0 Å². The zero-order chi connectivity index (χ0) is 14.4. The average molecular weight is 276 g/mol. The third-order valence-electron chi connectivity index (χ3n) is 5.60. The molecule has 0 heterocycles. The predicted molar refractivity (Wildman–Crippen MR) is 75.6 cm³/mol. The molecule has 0 radical (unpaired) electrons. The van der Waals surface area contributed by atoms with Gasteiger partial charge in [0.2, 0.25) is 0 Å². The Morgan fingerprint density at radius 1 is 1.15 bits per heavy atom. The SMILES string of the molecule is COc1c(C)cc(C23CCC(C=O)(CC2)CC3)cc1F. The Morgan fingerprint density at radius 2 is 1.75 bits per heavy atom. The van der Waals surface area contributed by atoms with Crippen LogP contribution in [0.1, 0.15) is 49.7 Å². The number of carbonyl (C=O) groups is 1. The van der Waals surface area contributed by atoms with Crippen LogP contribution in [0.3, 0.4) is 0 Å². The van der Waals surface area contributed by atoms with Crippen LogP contribution in [0.4, 0.5) is 4.39 Å². The van der Waals surface area contributed by atoms with E-state index in [0.29, 0.717) is 5.75 Å². The summed E-state index contributed by atoms with van der Waals surface area (Å²) in [5.41, 5.74) is 1.94. The van der Waals surface area contributed by atoms with Gasteiger partial charge in [-0.15, -0.1) is 0 Å². The molecule has 3 aliphatic carbocycles. The maximum Gasteiger partial charge on any atom is 0.165 e. The number of hydrogen-bond donors (Lipinski definition) is 0. The number of benzene rings is 1. The van der Waals surface area contributed by atoms with E-state index in [4.69, 9.17) is 4.74 Å². The van der Waals surface area contributed by atoms with Crippen molar-refractivity contribution in [3.05, 3.63) is 29.1 Å². The van der Waals surface area contributed by atoms with Gasteiger partial charge in [0.05, 0.1) is 7.11 Å². The van der Waals surface area contributed by atoms with Crippen molar-refractivity contribution in [1.29, 1.82) is 0 Å². The summed E-state index contributed by atoms with van der Waals surface area (Å²) in [7, 11) is 1.50. The van der Waals surface area contributed by atoms with Gasteiger partial charge in [-0.2, -0.15) is 0 Å². The van der Waals surface area contributed by atoms with E-state index < -0.39 is 0 Å². The highest BCUT2D eigenvalue weighted by Crippen LogP contribution is 2.57. The molecule has 1 aromatic carbocycles. The van der Waals surface area contributed by atoms with Gasteiger partial charge >= 0.3 is 0 Å². The van der Waals surface area contributed by atoms with Crippen LogP contribution < -0.4 is 4.74 Å². The van der Waals surface area contributed by atoms with E-state index in [1.807, 2.05) is 6.92 Å². The Kier molecular flexibility index (Phi) is 3.11. The van der Waals surface area contributed by atoms with Gasteiger partial charge in [0.25, 0.3) is 0 Å². The molecule has 0 aromatic heterocycles. The number of hydrogen-bond acceptors (Lipinski definition) is 2. The van der Waals surface area contributed by atoms with Gasteiger partial charge in [-0.25, -0.2) is 4.39 Å². The molecule has 1 aromatic rings. The van der Waals surface area contributed by atoms with Crippen LogP contribution in [-0.4, -0.2) is 13.4 Å². The monoisotopic (exact) mass is 276 g/mol. The number of rotatable bonds is 3. The number of aryl methyl sites for hydroxylation is 1. The minimum absolute atomic E-state index is 0.0721. The van der Waals surface area contributed by atoms with Crippen molar-refractivity contribution < 1.29 is 13.9 Å². The van der Waals surface area contributed by atoms with Crippen LogP contribution in [0.5, 0.6) is 5.75 Å². The van der Waals surface area contributed by atoms with Crippen LogP contribution in [0.25, 0.3) is 0 Å². The van der Waals surface area contributed by atoms with Gasteiger partial charge in [-0.1, -0.05) is 6.07 Å². The van der Waals surface area contributed by atoms with Crippen molar-refractivity contribution >= 4 is 6.29 Å². The summed E-state index contributed by atoms with van der Waals surface area (Å²) in [4.78, 5) is 11.3. The lowest BCUT2D eigenvalue weighted by Gasteiger charge is -2.51. The largest absolute Gasteiger partial charge is 0.493 e. The second kappa shape index (κ2) is 4.57. The normalized spacial score (nSPS) is 32.1. The highest BCUT2D eigenvalue weighted by molar-refractivity contribution is 5.61. The van der Waals surface area contributed by atoms with Crippen molar-refractivity contribution in [2.45, 2.75) is 50.9 Å². The Morgan fingerprint density at radius 3 is 2.20 bits per heavy atom. The van der Waals surface area contributed by atoms with Crippen molar-refractivity contribution in [2.75, 3.05) is 7.11 Å². The second-order valence-corrected chi connectivity index (χ2v) is 6.57. The molecule has 4 rings (SSSR count). The fourth-order valence-electron chi connectivity index (χ4n) is 4.12. The molecule has 108 valence electrons. The van der Waals surface area contributed by atoms with E-state index in [2.05, 4.69) is 6.07 Å². The summed E-state index contributed by atoms with van der Waals surface area (Å²) in [5.74, 6) is 0.0775. The van der Waals surface area contributed by atoms with E-state index in [0.717, 1.165) is 55.9 Å². The van der Waals surface area contributed by atoms with Crippen molar-refractivity contribution in [3.63, 3.8) is 0 Å². The molecule has 3 fully saturated rings. The van der Waals surface area contributed by atoms with E-state index in [9.17, 15) is 9.18 Å². The lowest BCUT2D eigenvalue weighted by atomic mass is 9.52. The molecule has 3 heteroatoms. The van der Waals surface area contributed by atoms with E-state index >= 15 is 0 Å². The molecule has 0 saturated heterocycles. The molecule has 2 nitrogen and oxygen atoms in total. The Hall–Kier alpha value is -1.38. The van der Waals surface area contributed by atoms with E-state index in [1.165, 1.54) is 7.11 Å². The first-order valence-electron chi connectivity index (χ1n) is 7.35. The summed E-state index contributed by atoms with van der Waals surface area (Å²) in [5, 5.41) is 0. The molecule has 0 spiro atoms. The molecular formula is C17H21FO2. The molecule has 20 heavy (non-hydrogen) atoms. The Balaban J connectivity index is 1.97. The van der Waals surface area contributed by atoms with Gasteiger partial charge in [0, 0.05) is 5.41 Å². The first-order valence-corrected chi connectivity index (χ1v) is 7.35. The standard InChI is InChI=1S/C17H21FO2/c1-12-9-13(10-14(18)15(12)20-2)17-6-3-16(11-19,4-7-17)5-8-17/h9-11H,3-8H2,1-2H3. The maximum absolute atomic E-state index is 14.1. The lowest BCUT2D eigenvalue weighted by molar-refractivity contribution is -0.122. The molecule has 2 bridgehead atoms. The lowest BCUT2D eigenvalue weighted by Crippen LogP contribution is -2.44. The molecule has 3 aliphatic rings. The molecular weight excluding hydrogens is 255 g/mol. The number of carbonyl (C=O) groups excluding carboxylic acids is 1. The van der Waals surface area contributed by atoms with Gasteiger partial charge < -0.3 is 9.53 Å². The minimum Gasteiger partial charge on any atom is -0.493 e. The van der Waals surface area contributed by atoms with Crippen LogP contribution in [-0.2, 0) is 10.2 Å². The van der Waals surface area contributed by atoms with Gasteiger partial charge in [0.15, 0.2) is 11.6 Å². The van der Waals surface area contributed by atoms with Crippen molar-refractivity contribution in [1.82, 2.24) is 0 Å². The quantitative estimate of drug-likeness (QED) is 0.782. The van der Waals surface area contributed by atoms with Crippen LogP contribution in [0.15, 0.2) is 12.1 Å². The Labute approximate surface area is 119 Å². The smallest absolute Gasteiger partial charge is 0.165 e. The number of aldehydes is 1. The van der Waals surface area contributed by atoms with Gasteiger partial charge in [-0.05, 0) is 68.1 Å². The average Bonchev–Trinajstić information content (AvgIpc) is 2.49. The van der Waals surface area contributed by atoms with Crippen LogP contribution in [0.2, 0.25) is 0 Å². The molecule has 0 aliphatic heterocycles. The fraction of sp³-hybridized carbons (Fsp3) is 0.588. The summed E-state index contributed by atoms with van der Waals surface area (Å²) in [6.45, 7) is 1.89. The molecule has 0 atom stereocenters. The number of methoxy groups -OCH3 is 1. The zero-order valence-corrected chi connectivity index (χ0v) is 12.2. The van der Waals surface area contributed by atoms with Crippen molar-refractivity contribution in [2.24, 2.45) is 5.41 Å². The van der Waals surface area contributed by atoms with E-state index in [-0.39, 0.29) is 16.6 Å². The molecule has 0 unspecified atom stereocenters. The van der Waals surface area contributed by atoms with E-state index in [1.54, 1.807) is 6.07 Å². The molecule has 3 saturated carbocycles.